The molecule has 0 aromatic heterocycles. The first-order valence-corrected chi connectivity index (χ1v) is 6.75. The molecule has 1 N–H and O–H groups in total. The van der Waals surface area contributed by atoms with Crippen molar-refractivity contribution in [2.75, 3.05) is 6.54 Å². The van der Waals surface area contributed by atoms with E-state index in [1.807, 2.05) is 6.92 Å². The molecule has 0 bridgehead atoms. The summed E-state index contributed by atoms with van der Waals surface area (Å²) in [6.07, 6.45) is 1.34. The van der Waals surface area contributed by atoms with Crippen LogP contribution in [-0.4, -0.2) is 17.8 Å². The van der Waals surface area contributed by atoms with Crippen LogP contribution in [0.15, 0.2) is 16.6 Å². The molecule has 0 aliphatic rings. The molecular formula is C12H13BrClF2NO. The van der Waals surface area contributed by atoms with Crippen LogP contribution >= 0.6 is 27.5 Å². The molecule has 18 heavy (non-hydrogen) atoms. The molecule has 0 aliphatic heterocycles. The summed E-state index contributed by atoms with van der Waals surface area (Å²) in [6, 6.07) is 2.10. The normalized spacial score (nSPS) is 12.3. The van der Waals surface area contributed by atoms with Crippen LogP contribution < -0.4 is 5.32 Å². The topological polar surface area (TPSA) is 29.1 Å². The van der Waals surface area contributed by atoms with Gasteiger partial charge in [-0.25, -0.2) is 8.78 Å². The molecule has 1 amide bonds. The highest BCUT2D eigenvalue weighted by atomic mass is 79.9. The maximum atomic E-state index is 13.5. The number of nitrogens with one attached hydrogen (secondary N) is 1. The van der Waals surface area contributed by atoms with Gasteiger partial charge in [-0.05, 0) is 25.0 Å². The Kier molecular flexibility index (Phi) is 6.02. The van der Waals surface area contributed by atoms with Gasteiger partial charge in [0.2, 0.25) is 0 Å². The van der Waals surface area contributed by atoms with Crippen LogP contribution in [0.4, 0.5) is 8.78 Å². The third kappa shape index (κ3) is 4.21. The van der Waals surface area contributed by atoms with E-state index < -0.39 is 23.1 Å². The number of rotatable bonds is 5. The van der Waals surface area contributed by atoms with Crippen molar-refractivity contribution in [2.45, 2.75) is 25.1 Å². The Bertz CT molecular complexity index is 419. The molecule has 2 nitrogen and oxygen atoms in total. The van der Waals surface area contributed by atoms with Crippen molar-refractivity contribution in [2.24, 2.45) is 0 Å². The van der Waals surface area contributed by atoms with Gasteiger partial charge < -0.3 is 5.32 Å². The number of halogens is 4. The molecule has 0 radical (unpaired) electrons. The van der Waals surface area contributed by atoms with Crippen LogP contribution in [0, 0.1) is 11.6 Å². The Hall–Kier alpha value is -0.680. The minimum atomic E-state index is -0.891. The summed E-state index contributed by atoms with van der Waals surface area (Å²) >= 11 is 8.82. The summed E-state index contributed by atoms with van der Waals surface area (Å²) in [5.74, 6) is -2.55. The molecule has 0 heterocycles. The second-order valence-electron chi connectivity index (χ2n) is 3.79. The van der Waals surface area contributed by atoms with Crippen LogP contribution in [0.3, 0.4) is 0 Å². The van der Waals surface area contributed by atoms with Crippen LogP contribution in [0.25, 0.3) is 0 Å². The van der Waals surface area contributed by atoms with Crippen LogP contribution in [0.2, 0.25) is 0 Å². The van der Waals surface area contributed by atoms with Gasteiger partial charge >= 0.3 is 0 Å². The highest BCUT2D eigenvalue weighted by molar-refractivity contribution is 9.10. The maximum Gasteiger partial charge on any atom is 0.257 e. The molecule has 0 spiro atoms. The number of alkyl halides is 1. The predicted molar refractivity (Wildman–Crippen MR) is 70.9 cm³/mol. The molecular weight excluding hydrogens is 327 g/mol. The van der Waals surface area contributed by atoms with Gasteiger partial charge in [-0.1, -0.05) is 22.9 Å². The van der Waals surface area contributed by atoms with E-state index in [1.54, 1.807) is 0 Å². The summed E-state index contributed by atoms with van der Waals surface area (Å²) in [4.78, 5) is 11.6. The van der Waals surface area contributed by atoms with Crippen molar-refractivity contribution in [3.05, 3.63) is 33.8 Å². The first-order chi connectivity index (χ1) is 8.45. The SMILES string of the molecule is CCC(Cl)CCNC(=O)c1c(F)cc(Br)cc1F. The third-order valence-electron chi connectivity index (χ3n) is 2.42. The lowest BCUT2D eigenvalue weighted by Crippen LogP contribution is -2.27. The van der Waals surface area contributed by atoms with Crippen LogP contribution in [0.1, 0.15) is 30.1 Å². The fraction of sp³-hybridized carbons (Fsp3) is 0.417. The number of hydrogen-bond donors (Lipinski definition) is 1. The number of hydrogen-bond acceptors (Lipinski definition) is 1. The Balaban J connectivity index is 2.67. The van der Waals surface area contributed by atoms with Gasteiger partial charge in [0.15, 0.2) is 0 Å². The third-order valence-corrected chi connectivity index (χ3v) is 3.40. The van der Waals surface area contributed by atoms with E-state index in [0.29, 0.717) is 6.42 Å². The highest BCUT2D eigenvalue weighted by Crippen LogP contribution is 2.19. The second-order valence-corrected chi connectivity index (χ2v) is 5.33. The fourth-order valence-corrected chi connectivity index (χ4v) is 1.91. The van der Waals surface area contributed by atoms with E-state index in [9.17, 15) is 13.6 Å². The van der Waals surface area contributed by atoms with Crippen molar-refractivity contribution in [1.82, 2.24) is 5.32 Å². The molecule has 0 aliphatic carbocycles. The van der Waals surface area contributed by atoms with E-state index in [-0.39, 0.29) is 16.4 Å². The highest BCUT2D eigenvalue weighted by Gasteiger charge is 2.18. The standard InChI is InChI=1S/C12H13BrClF2NO/c1-2-8(14)3-4-17-12(18)11-9(15)5-7(13)6-10(11)16/h5-6,8H,2-4H2,1H3,(H,17,18). The van der Waals surface area contributed by atoms with E-state index >= 15 is 0 Å². The zero-order chi connectivity index (χ0) is 13.7. The van der Waals surface area contributed by atoms with E-state index in [2.05, 4.69) is 21.2 Å². The van der Waals surface area contributed by atoms with Crippen molar-refractivity contribution in [3.63, 3.8) is 0 Å². The Morgan fingerprint density at radius 2 is 2.00 bits per heavy atom. The van der Waals surface area contributed by atoms with Crippen molar-refractivity contribution >= 4 is 33.4 Å². The van der Waals surface area contributed by atoms with E-state index in [4.69, 9.17) is 11.6 Å². The van der Waals surface area contributed by atoms with Gasteiger partial charge in [0, 0.05) is 16.4 Å². The number of amides is 1. The minimum absolute atomic E-state index is 0.0510. The largest absolute Gasteiger partial charge is 0.352 e. The van der Waals surface area contributed by atoms with Gasteiger partial charge in [-0.2, -0.15) is 0 Å². The molecule has 0 saturated carbocycles. The molecule has 1 aromatic carbocycles. The monoisotopic (exact) mass is 339 g/mol. The summed E-state index contributed by atoms with van der Waals surface area (Å²) < 4.78 is 27.2. The molecule has 0 fully saturated rings. The van der Waals surface area contributed by atoms with E-state index in [1.165, 1.54) is 0 Å². The molecule has 1 aromatic rings. The summed E-state index contributed by atoms with van der Waals surface area (Å²) in [5, 5.41) is 2.40. The molecule has 0 saturated heterocycles. The Morgan fingerprint density at radius 1 is 1.44 bits per heavy atom. The number of benzene rings is 1. The Labute approximate surface area is 118 Å². The van der Waals surface area contributed by atoms with E-state index in [0.717, 1.165) is 18.6 Å². The first kappa shape index (κ1) is 15.4. The summed E-state index contributed by atoms with van der Waals surface area (Å²) in [6.45, 7) is 2.21. The smallest absolute Gasteiger partial charge is 0.257 e. The predicted octanol–water partition coefficient (Wildman–Crippen LogP) is 3.86. The van der Waals surface area contributed by atoms with Crippen LogP contribution in [0.5, 0.6) is 0 Å². The fourth-order valence-electron chi connectivity index (χ4n) is 1.39. The average Bonchev–Trinajstić information content (AvgIpc) is 2.27. The van der Waals surface area contributed by atoms with Crippen molar-refractivity contribution in [3.8, 4) is 0 Å². The van der Waals surface area contributed by atoms with Crippen molar-refractivity contribution < 1.29 is 13.6 Å². The maximum absolute atomic E-state index is 13.5. The van der Waals surface area contributed by atoms with Gasteiger partial charge in [0.1, 0.15) is 17.2 Å². The quantitative estimate of drug-likeness (QED) is 0.810. The molecule has 6 heteroatoms. The number of carbonyl (C=O) groups excluding carboxylic acids is 1. The van der Waals surface area contributed by atoms with Crippen molar-refractivity contribution in [1.29, 1.82) is 0 Å². The molecule has 1 unspecified atom stereocenters. The average molecular weight is 341 g/mol. The lowest BCUT2D eigenvalue weighted by Gasteiger charge is -2.09. The second kappa shape index (κ2) is 7.04. The van der Waals surface area contributed by atoms with Gasteiger partial charge in [0.05, 0.1) is 0 Å². The summed E-state index contributed by atoms with van der Waals surface area (Å²) in [5.41, 5.74) is -0.569. The Morgan fingerprint density at radius 3 is 2.50 bits per heavy atom. The zero-order valence-corrected chi connectivity index (χ0v) is 12.1. The minimum Gasteiger partial charge on any atom is -0.352 e. The molecule has 1 atom stereocenters. The lowest BCUT2D eigenvalue weighted by molar-refractivity contribution is 0.0944. The van der Waals surface area contributed by atoms with Gasteiger partial charge in [-0.3, -0.25) is 4.79 Å². The lowest BCUT2D eigenvalue weighted by atomic mass is 10.1. The number of carbonyl (C=O) groups is 1. The zero-order valence-electron chi connectivity index (χ0n) is 9.77. The van der Waals surface area contributed by atoms with Gasteiger partial charge in [0.25, 0.3) is 5.91 Å². The summed E-state index contributed by atoms with van der Waals surface area (Å²) in [7, 11) is 0. The first-order valence-electron chi connectivity index (χ1n) is 5.52. The molecule has 1 rings (SSSR count). The molecule has 100 valence electrons. The van der Waals surface area contributed by atoms with Gasteiger partial charge in [-0.15, -0.1) is 11.6 Å². The van der Waals surface area contributed by atoms with Crippen LogP contribution in [-0.2, 0) is 0 Å².